The number of hydrogen-bond acceptors (Lipinski definition) is 5. The first kappa shape index (κ1) is 18.4. The van der Waals surface area contributed by atoms with Crippen molar-refractivity contribution in [1.82, 2.24) is 15.1 Å². The summed E-state index contributed by atoms with van der Waals surface area (Å²) < 4.78 is 6.93. The smallest absolute Gasteiger partial charge is 0.342 e. The maximum absolute atomic E-state index is 12.7. The summed E-state index contributed by atoms with van der Waals surface area (Å²) in [6, 6.07) is 13.5. The Labute approximate surface area is 167 Å². The summed E-state index contributed by atoms with van der Waals surface area (Å²) in [4.78, 5) is 25.6. The molecule has 144 valence electrons. The second kappa shape index (κ2) is 7.98. The number of carbonyl (C=O) groups excluding carboxylic acids is 2. The molecule has 6 nitrogen and oxygen atoms in total. The van der Waals surface area contributed by atoms with Gasteiger partial charge in [-0.25, -0.2) is 9.48 Å². The summed E-state index contributed by atoms with van der Waals surface area (Å²) in [6.07, 6.45) is 3.94. The quantitative estimate of drug-likeness (QED) is 0.620. The summed E-state index contributed by atoms with van der Waals surface area (Å²) in [6.45, 7) is 1.69. The molecule has 4 rings (SSSR count). The molecule has 1 aliphatic carbocycles. The third-order valence-electron chi connectivity index (χ3n) is 4.76. The fourth-order valence-corrected chi connectivity index (χ4v) is 3.77. The number of rotatable bonds is 7. The van der Waals surface area contributed by atoms with Crippen LogP contribution in [0.3, 0.4) is 0 Å². The molecule has 1 aromatic carbocycles. The van der Waals surface area contributed by atoms with Crippen LogP contribution in [0.2, 0.25) is 0 Å². The average Bonchev–Trinajstić information content (AvgIpc) is 3.24. The van der Waals surface area contributed by atoms with Crippen LogP contribution in [0.4, 0.5) is 0 Å². The van der Waals surface area contributed by atoms with Gasteiger partial charge >= 0.3 is 5.97 Å². The summed E-state index contributed by atoms with van der Waals surface area (Å²) in [7, 11) is 0. The Kier molecular flexibility index (Phi) is 5.25. The van der Waals surface area contributed by atoms with Crippen molar-refractivity contribution >= 4 is 23.2 Å². The van der Waals surface area contributed by atoms with Crippen LogP contribution < -0.4 is 5.32 Å². The number of esters is 1. The lowest BCUT2D eigenvalue weighted by molar-refractivity contribution is -0.124. The highest BCUT2D eigenvalue weighted by atomic mass is 32.1. The van der Waals surface area contributed by atoms with Gasteiger partial charge < -0.3 is 10.1 Å². The molecule has 0 bridgehead atoms. The monoisotopic (exact) mass is 395 g/mol. The average molecular weight is 395 g/mol. The summed E-state index contributed by atoms with van der Waals surface area (Å²) in [5.41, 5.74) is 1.74. The highest BCUT2D eigenvalue weighted by molar-refractivity contribution is 7.13. The van der Waals surface area contributed by atoms with Gasteiger partial charge in [0.2, 0.25) is 0 Å². The van der Waals surface area contributed by atoms with E-state index in [1.165, 1.54) is 11.3 Å². The van der Waals surface area contributed by atoms with Gasteiger partial charge in [0, 0.05) is 12.2 Å². The zero-order chi connectivity index (χ0) is 19.5. The van der Waals surface area contributed by atoms with Crippen molar-refractivity contribution in [2.45, 2.75) is 25.8 Å². The van der Waals surface area contributed by atoms with Crippen molar-refractivity contribution in [1.29, 1.82) is 0 Å². The van der Waals surface area contributed by atoms with E-state index in [1.807, 2.05) is 54.8 Å². The first-order chi connectivity index (χ1) is 13.6. The van der Waals surface area contributed by atoms with Gasteiger partial charge in [0.15, 0.2) is 6.61 Å². The molecule has 1 atom stereocenters. The molecule has 1 N–H and O–H groups in total. The van der Waals surface area contributed by atoms with Crippen LogP contribution in [0.1, 0.15) is 30.1 Å². The molecule has 7 heteroatoms. The van der Waals surface area contributed by atoms with Crippen LogP contribution in [-0.4, -0.2) is 34.3 Å². The molecule has 28 heavy (non-hydrogen) atoms. The van der Waals surface area contributed by atoms with E-state index in [1.54, 1.807) is 10.9 Å². The number of carbonyl (C=O) groups is 2. The molecule has 0 saturated heterocycles. The van der Waals surface area contributed by atoms with Crippen molar-refractivity contribution in [3.05, 3.63) is 59.6 Å². The van der Waals surface area contributed by atoms with Crippen LogP contribution in [0, 0.1) is 5.92 Å². The lowest BCUT2D eigenvalue weighted by atomic mass is 10.2. The lowest BCUT2D eigenvalue weighted by Gasteiger charge is -2.12. The maximum Gasteiger partial charge on any atom is 0.342 e. The SMILES string of the molecule is C[C@H](NC(=O)COC(=O)c1cn(-c2ccccc2)nc1-c1cccs1)C1CC1. The Balaban J connectivity index is 1.51. The largest absolute Gasteiger partial charge is 0.452 e. The van der Waals surface area contributed by atoms with Crippen molar-refractivity contribution < 1.29 is 14.3 Å². The van der Waals surface area contributed by atoms with E-state index >= 15 is 0 Å². The Morgan fingerprint density at radius 1 is 1.25 bits per heavy atom. The minimum atomic E-state index is -0.556. The molecule has 0 aliphatic heterocycles. The predicted octanol–water partition coefficient (Wildman–Crippen LogP) is 3.67. The number of nitrogens with zero attached hydrogens (tertiary/aromatic N) is 2. The molecule has 1 aliphatic rings. The van der Waals surface area contributed by atoms with E-state index in [0.717, 1.165) is 23.4 Å². The second-order valence-corrected chi connectivity index (χ2v) is 7.87. The van der Waals surface area contributed by atoms with Crippen LogP contribution in [0.25, 0.3) is 16.3 Å². The fraction of sp³-hybridized carbons (Fsp3) is 0.286. The molecule has 1 saturated carbocycles. The molecular formula is C21H21N3O3S. The second-order valence-electron chi connectivity index (χ2n) is 6.92. The van der Waals surface area contributed by atoms with Crippen LogP contribution in [0.5, 0.6) is 0 Å². The Morgan fingerprint density at radius 3 is 2.71 bits per heavy atom. The molecule has 2 aromatic heterocycles. The van der Waals surface area contributed by atoms with Crippen molar-refractivity contribution in [2.75, 3.05) is 6.61 Å². The number of amides is 1. The number of thiophene rings is 1. The first-order valence-corrected chi connectivity index (χ1v) is 10.2. The van der Waals surface area contributed by atoms with Crippen molar-refractivity contribution in [3.8, 4) is 16.3 Å². The highest BCUT2D eigenvalue weighted by Crippen LogP contribution is 2.32. The molecule has 1 amide bonds. The van der Waals surface area contributed by atoms with Gasteiger partial charge in [0.1, 0.15) is 11.3 Å². The van der Waals surface area contributed by atoms with Crippen LogP contribution in [0.15, 0.2) is 54.0 Å². The van der Waals surface area contributed by atoms with Crippen molar-refractivity contribution in [2.24, 2.45) is 5.92 Å². The number of ether oxygens (including phenoxy) is 1. The third-order valence-corrected chi connectivity index (χ3v) is 5.64. The molecule has 0 spiro atoms. The van der Waals surface area contributed by atoms with E-state index in [9.17, 15) is 9.59 Å². The van der Waals surface area contributed by atoms with Gasteiger partial charge in [-0.05, 0) is 49.3 Å². The number of para-hydroxylation sites is 1. The predicted molar refractivity (Wildman–Crippen MR) is 107 cm³/mol. The van der Waals surface area contributed by atoms with Crippen LogP contribution >= 0.6 is 11.3 Å². The number of nitrogens with one attached hydrogen (secondary N) is 1. The Morgan fingerprint density at radius 2 is 2.04 bits per heavy atom. The van der Waals surface area contributed by atoms with Crippen molar-refractivity contribution in [3.63, 3.8) is 0 Å². The molecule has 0 unspecified atom stereocenters. The zero-order valence-electron chi connectivity index (χ0n) is 15.5. The Bertz CT molecular complexity index is 962. The summed E-state index contributed by atoms with van der Waals surface area (Å²) in [5, 5.41) is 9.39. The molecule has 3 aromatic rings. The molecule has 1 fully saturated rings. The molecule has 0 radical (unpaired) electrons. The number of aromatic nitrogens is 2. The fourth-order valence-electron chi connectivity index (χ4n) is 3.05. The Hall–Kier alpha value is -2.93. The van der Waals surface area contributed by atoms with Gasteiger partial charge in [-0.2, -0.15) is 5.10 Å². The maximum atomic E-state index is 12.7. The topological polar surface area (TPSA) is 73.2 Å². The zero-order valence-corrected chi connectivity index (χ0v) is 16.3. The summed E-state index contributed by atoms with van der Waals surface area (Å²) in [5.74, 6) is -0.283. The van der Waals surface area contributed by atoms with E-state index in [2.05, 4.69) is 10.4 Å². The van der Waals surface area contributed by atoms with Gasteiger partial charge in [0.05, 0.1) is 10.6 Å². The van der Waals surface area contributed by atoms with Gasteiger partial charge in [-0.1, -0.05) is 24.3 Å². The van der Waals surface area contributed by atoms with Gasteiger partial charge in [0.25, 0.3) is 5.91 Å². The highest BCUT2D eigenvalue weighted by Gasteiger charge is 2.29. The molecular weight excluding hydrogens is 374 g/mol. The van der Waals surface area contributed by atoms with E-state index in [0.29, 0.717) is 17.2 Å². The van der Waals surface area contributed by atoms with Gasteiger partial charge in [-0.15, -0.1) is 11.3 Å². The lowest BCUT2D eigenvalue weighted by Crippen LogP contribution is -2.37. The standard InChI is InChI=1S/C21H21N3O3S/c1-14(15-9-10-15)22-19(25)13-27-21(26)17-12-24(16-6-3-2-4-7-16)23-20(17)18-8-5-11-28-18/h2-8,11-12,14-15H,9-10,13H2,1H3,(H,22,25)/t14-/m0/s1. The van der Waals surface area contributed by atoms with Crippen LogP contribution in [-0.2, 0) is 9.53 Å². The minimum absolute atomic E-state index is 0.119. The van der Waals surface area contributed by atoms with E-state index in [-0.39, 0.29) is 18.6 Å². The first-order valence-electron chi connectivity index (χ1n) is 9.27. The number of hydrogen-bond donors (Lipinski definition) is 1. The minimum Gasteiger partial charge on any atom is -0.452 e. The normalized spacial score (nSPS) is 14.5. The van der Waals surface area contributed by atoms with Gasteiger partial charge in [-0.3, -0.25) is 4.79 Å². The van der Waals surface area contributed by atoms with E-state index in [4.69, 9.17) is 4.74 Å². The summed E-state index contributed by atoms with van der Waals surface area (Å²) >= 11 is 1.50. The molecule has 2 heterocycles. The number of benzene rings is 1. The third kappa shape index (κ3) is 4.14. The van der Waals surface area contributed by atoms with E-state index < -0.39 is 5.97 Å².